The van der Waals surface area contributed by atoms with Crippen molar-refractivity contribution < 1.29 is 4.79 Å². The van der Waals surface area contributed by atoms with Crippen molar-refractivity contribution in [3.05, 3.63) is 22.9 Å². The van der Waals surface area contributed by atoms with Gasteiger partial charge < -0.3 is 16.4 Å². The molecule has 5 heteroatoms. The van der Waals surface area contributed by atoms with Crippen LogP contribution in [-0.2, 0) is 12.8 Å². The number of amides is 1. The second-order valence-corrected chi connectivity index (χ2v) is 6.36. The van der Waals surface area contributed by atoms with E-state index in [9.17, 15) is 4.79 Å². The molecule has 1 aliphatic heterocycles. The first kappa shape index (κ1) is 14.3. The van der Waals surface area contributed by atoms with Crippen LogP contribution in [0.3, 0.4) is 0 Å². The maximum absolute atomic E-state index is 11.9. The number of aromatic nitrogens is 1. The first-order valence-corrected chi connectivity index (χ1v) is 7.89. The molecule has 1 aliphatic carbocycles. The highest BCUT2D eigenvalue weighted by atomic mass is 16.1. The third-order valence-corrected chi connectivity index (χ3v) is 4.88. The van der Waals surface area contributed by atoms with Gasteiger partial charge in [-0.1, -0.05) is 0 Å². The lowest BCUT2D eigenvalue weighted by molar-refractivity contribution is 0.1000. The van der Waals surface area contributed by atoms with Gasteiger partial charge in [-0.2, -0.15) is 0 Å². The quantitative estimate of drug-likeness (QED) is 0.876. The smallest absolute Gasteiger partial charge is 0.252 e. The normalized spacial score (nSPS) is 25.0. The number of rotatable bonds is 3. The van der Waals surface area contributed by atoms with E-state index in [1.54, 1.807) is 0 Å². The number of fused-ring (bicyclic) bond motifs is 1. The van der Waals surface area contributed by atoms with Crippen molar-refractivity contribution in [2.45, 2.75) is 45.1 Å². The second-order valence-electron chi connectivity index (χ2n) is 6.36. The lowest BCUT2D eigenvalue weighted by Gasteiger charge is -2.39. The van der Waals surface area contributed by atoms with E-state index >= 15 is 0 Å². The monoisotopic (exact) mass is 288 g/mol. The van der Waals surface area contributed by atoms with Gasteiger partial charge in [-0.3, -0.25) is 4.79 Å². The van der Waals surface area contributed by atoms with Crippen molar-refractivity contribution in [3.63, 3.8) is 0 Å². The Labute approximate surface area is 125 Å². The summed E-state index contributed by atoms with van der Waals surface area (Å²) in [5, 5.41) is 0. The summed E-state index contributed by atoms with van der Waals surface area (Å²) in [6.07, 6.45) is 5.35. The Hall–Kier alpha value is -1.62. The SMILES string of the molecule is CC1CCC(CN)CN1c1nc2c(cc1C(N)=O)CCC2. The number of piperidine rings is 1. The molecule has 5 nitrogen and oxygen atoms in total. The summed E-state index contributed by atoms with van der Waals surface area (Å²) < 4.78 is 0. The van der Waals surface area contributed by atoms with Crippen molar-refractivity contribution in [3.8, 4) is 0 Å². The fourth-order valence-corrected chi connectivity index (χ4v) is 3.53. The third kappa shape index (κ3) is 2.62. The molecule has 2 aliphatic rings. The van der Waals surface area contributed by atoms with Gasteiger partial charge in [0.2, 0.25) is 0 Å². The molecule has 2 unspecified atom stereocenters. The van der Waals surface area contributed by atoms with Crippen molar-refractivity contribution in [1.82, 2.24) is 4.98 Å². The number of primary amides is 1. The van der Waals surface area contributed by atoms with Crippen LogP contribution in [0.25, 0.3) is 0 Å². The Morgan fingerprint density at radius 1 is 1.43 bits per heavy atom. The number of aryl methyl sites for hydroxylation is 2. The van der Waals surface area contributed by atoms with Gasteiger partial charge in [0.1, 0.15) is 5.82 Å². The Bertz CT molecular complexity index is 557. The van der Waals surface area contributed by atoms with Crippen LogP contribution < -0.4 is 16.4 Å². The molecule has 4 N–H and O–H groups in total. The van der Waals surface area contributed by atoms with Crippen LogP contribution >= 0.6 is 0 Å². The number of carbonyl (C=O) groups excluding carboxylic acids is 1. The highest BCUT2D eigenvalue weighted by Gasteiger charge is 2.29. The van der Waals surface area contributed by atoms with Crippen LogP contribution in [0.2, 0.25) is 0 Å². The second kappa shape index (κ2) is 5.64. The van der Waals surface area contributed by atoms with Crippen LogP contribution in [0, 0.1) is 5.92 Å². The minimum absolute atomic E-state index is 0.373. The summed E-state index contributed by atoms with van der Waals surface area (Å²) in [5.74, 6) is 0.861. The molecule has 3 rings (SSSR count). The summed E-state index contributed by atoms with van der Waals surface area (Å²) in [4.78, 5) is 18.9. The minimum Gasteiger partial charge on any atom is -0.365 e. The third-order valence-electron chi connectivity index (χ3n) is 4.88. The maximum atomic E-state index is 11.9. The van der Waals surface area contributed by atoms with E-state index in [2.05, 4.69) is 11.8 Å². The summed E-state index contributed by atoms with van der Waals surface area (Å²) in [6.45, 7) is 3.73. The molecule has 21 heavy (non-hydrogen) atoms. The molecule has 114 valence electrons. The molecule has 1 amide bonds. The van der Waals surface area contributed by atoms with Crippen molar-refractivity contribution >= 4 is 11.7 Å². The van der Waals surface area contributed by atoms with Gasteiger partial charge >= 0.3 is 0 Å². The van der Waals surface area contributed by atoms with Gasteiger partial charge in [-0.05, 0) is 63.1 Å². The van der Waals surface area contributed by atoms with Crippen molar-refractivity contribution in [2.75, 3.05) is 18.0 Å². The Kier molecular flexibility index (Phi) is 3.85. The molecule has 2 heterocycles. The molecule has 1 aromatic rings. The molecule has 0 bridgehead atoms. The fraction of sp³-hybridized carbons (Fsp3) is 0.625. The maximum Gasteiger partial charge on any atom is 0.252 e. The van der Waals surface area contributed by atoms with Gasteiger partial charge in [-0.15, -0.1) is 0 Å². The molecule has 1 aromatic heterocycles. The fourth-order valence-electron chi connectivity index (χ4n) is 3.53. The largest absolute Gasteiger partial charge is 0.365 e. The van der Waals surface area contributed by atoms with Crippen molar-refractivity contribution in [2.24, 2.45) is 17.4 Å². The average Bonchev–Trinajstić information content (AvgIpc) is 2.93. The molecule has 0 aromatic carbocycles. The van der Waals surface area contributed by atoms with Crippen LogP contribution in [-0.4, -0.2) is 30.0 Å². The molecular weight excluding hydrogens is 264 g/mol. The van der Waals surface area contributed by atoms with Crippen LogP contribution in [0.5, 0.6) is 0 Å². The summed E-state index contributed by atoms with van der Waals surface area (Å²) in [5.41, 5.74) is 14.3. The van der Waals surface area contributed by atoms with Gasteiger partial charge in [0.15, 0.2) is 0 Å². The van der Waals surface area contributed by atoms with Gasteiger partial charge in [0, 0.05) is 18.3 Å². The van der Waals surface area contributed by atoms with Crippen LogP contribution in [0.15, 0.2) is 6.07 Å². The summed E-state index contributed by atoms with van der Waals surface area (Å²) >= 11 is 0. The minimum atomic E-state index is -0.380. The van der Waals surface area contributed by atoms with Crippen LogP contribution in [0.4, 0.5) is 5.82 Å². The molecule has 0 saturated carbocycles. The summed E-state index contributed by atoms with van der Waals surface area (Å²) in [7, 11) is 0. The first-order chi connectivity index (χ1) is 10.1. The van der Waals surface area contributed by atoms with E-state index in [0.717, 1.165) is 50.2 Å². The number of nitrogens with zero attached hydrogens (tertiary/aromatic N) is 2. The zero-order valence-corrected chi connectivity index (χ0v) is 12.6. The summed E-state index contributed by atoms with van der Waals surface area (Å²) in [6, 6.07) is 2.34. The lowest BCUT2D eigenvalue weighted by atomic mass is 9.93. The van der Waals surface area contributed by atoms with Crippen LogP contribution in [0.1, 0.15) is 47.8 Å². The zero-order chi connectivity index (χ0) is 15.0. The van der Waals surface area contributed by atoms with E-state index in [0.29, 0.717) is 24.1 Å². The molecular formula is C16H24N4O. The molecule has 0 spiro atoms. The topological polar surface area (TPSA) is 85.2 Å². The zero-order valence-electron chi connectivity index (χ0n) is 12.6. The molecule has 1 saturated heterocycles. The number of pyridine rings is 1. The number of carbonyl (C=O) groups is 1. The Morgan fingerprint density at radius 2 is 2.24 bits per heavy atom. The predicted molar refractivity (Wildman–Crippen MR) is 83.4 cm³/mol. The van der Waals surface area contributed by atoms with Crippen molar-refractivity contribution in [1.29, 1.82) is 0 Å². The molecule has 0 radical (unpaired) electrons. The average molecular weight is 288 g/mol. The van der Waals surface area contributed by atoms with E-state index in [4.69, 9.17) is 16.5 Å². The number of hydrogen-bond donors (Lipinski definition) is 2. The Morgan fingerprint density at radius 3 is 2.95 bits per heavy atom. The van der Waals surface area contributed by atoms with Gasteiger partial charge in [-0.25, -0.2) is 4.98 Å². The number of nitrogens with two attached hydrogens (primary N) is 2. The van der Waals surface area contributed by atoms with E-state index in [-0.39, 0.29) is 5.91 Å². The number of hydrogen-bond acceptors (Lipinski definition) is 4. The lowest BCUT2D eigenvalue weighted by Crippen LogP contribution is -2.45. The van der Waals surface area contributed by atoms with Gasteiger partial charge in [0.05, 0.1) is 5.56 Å². The molecule has 2 atom stereocenters. The first-order valence-electron chi connectivity index (χ1n) is 7.89. The highest BCUT2D eigenvalue weighted by molar-refractivity contribution is 5.98. The van der Waals surface area contributed by atoms with E-state index in [1.165, 1.54) is 5.56 Å². The Balaban J connectivity index is 2.01. The highest BCUT2D eigenvalue weighted by Crippen LogP contribution is 2.32. The predicted octanol–water partition coefficient (Wildman–Crippen LogP) is 1.23. The van der Waals surface area contributed by atoms with Gasteiger partial charge in [0.25, 0.3) is 5.91 Å². The number of anilines is 1. The standard InChI is InChI=1S/C16H24N4O/c1-10-5-6-11(8-17)9-20(10)16-13(15(18)21)7-12-3-2-4-14(12)19-16/h7,10-11H,2-6,8-9,17H2,1H3,(H2,18,21). The molecule has 1 fully saturated rings. The van der Waals surface area contributed by atoms with E-state index in [1.807, 2.05) is 6.07 Å². The van der Waals surface area contributed by atoms with E-state index < -0.39 is 0 Å².